The summed E-state index contributed by atoms with van der Waals surface area (Å²) in [7, 11) is 0.867. The van der Waals surface area contributed by atoms with E-state index in [-0.39, 0.29) is 16.6 Å². The number of halogens is 6. The molecule has 0 atom stereocenters. The Bertz CT molecular complexity index is 1240. The lowest BCUT2D eigenvalue weighted by molar-refractivity contribution is -0.147. The molecule has 0 unspecified atom stereocenters. The van der Waals surface area contributed by atoms with Crippen molar-refractivity contribution >= 4 is 17.0 Å². The first-order chi connectivity index (χ1) is 14.6. The summed E-state index contributed by atoms with van der Waals surface area (Å²) in [5.41, 5.74) is -3.58. The van der Waals surface area contributed by atoms with Crippen LogP contribution in [0.3, 0.4) is 0 Å². The van der Waals surface area contributed by atoms with Crippen LogP contribution < -0.4 is 10.5 Å². The van der Waals surface area contributed by atoms with E-state index < -0.39 is 57.3 Å². The van der Waals surface area contributed by atoms with Gasteiger partial charge < -0.3 is 9.64 Å². The minimum atomic E-state index is -5.02. The lowest BCUT2D eigenvalue weighted by atomic mass is 10.1. The van der Waals surface area contributed by atoms with E-state index in [1.54, 1.807) is 4.90 Å². The van der Waals surface area contributed by atoms with Crippen molar-refractivity contribution in [3.8, 4) is 11.3 Å². The molecule has 1 fully saturated rings. The van der Waals surface area contributed by atoms with Gasteiger partial charge in [0, 0.05) is 31.8 Å². The van der Waals surface area contributed by atoms with Gasteiger partial charge in [0.1, 0.15) is 17.0 Å². The Balaban J connectivity index is 2.09. The fourth-order valence-corrected chi connectivity index (χ4v) is 3.18. The fraction of sp³-hybridized carbons (Fsp3) is 0.333. The number of alkyl halides is 3. The zero-order valence-electron chi connectivity index (χ0n) is 15.8. The van der Waals surface area contributed by atoms with Crippen LogP contribution >= 0.6 is 0 Å². The van der Waals surface area contributed by atoms with E-state index in [1.165, 1.54) is 0 Å². The van der Waals surface area contributed by atoms with Gasteiger partial charge in [0.2, 0.25) is 11.8 Å². The van der Waals surface area contributed by atoms with Crippen molar-refractivity contribution in [3.05, 3.63) is 45.8 Å². The normalized spacial score (nSPS) is 15.0. The molecule has 1 aromatic carbocycles. The summed E-state index contributed by atoms with van der Waals surface area (Å²) in [6.07, 6.45) is -5.02. The number of anilines is 1. The van der Waals surface area contributed by atoms with Crippen LogP contribution in [0.5, 0.6) is 0 Å². The number of ether oxygens (including phenoxy) is 1. The zero-order valence-corrected chi connectivity index (χ0v) is 15.8. The molecule has 0 radical (unpaired) electrons. The number of hydrogen-bond donors (Lipinski definition) is 0. The van der Waals surface area contributed by atoms with E-state index in [4.69, 9.17) is 4.74 Å². The Morgan fingerprint density at radius 1 is 0.935 bits per heavy atom. The first kappa shape index (κ1) is 21.0. The maximum Gasteiger partial charge on any atom is 0.449 e. The number of nitrogens with zero attached hydrogens (tertiary/aromatic N) is 5. The third-order valence-electron chi connectivity index (χ3n) is 4.73. The average Bonchev–Trinajstić information content (AvgIpc) is 2.72. The molecule has 0 aliphatic carbocycles. The Hall–Kier alpha value is -3.22. The van der Waals surface area contributed by atoms with Crippen LogP contribution in [0.2, 0.25) is 0 Å². The fourth-order valence-electron chi connectivity index (χ4n) is 3.18. The van der Waals surface area contributed by atoms with Gasteiger partial charge in [-0.15, -0.1) is 0 Å². The molecule has 7 nitrogen and oxygen atoms in total. The second-order valence-electron chi connectivity index (χ2n) is 6.71. The second-order valence-corrected chi connectivity index (χ2v) is 6.71. The quantitative estimate of drug-likeness (QED) is 0.446. The van der Waals surface area contributed by atoms with E-state index in [2.05, 4.69) is 15.0 Å². The van der Waals surface area contributed by atoms with Crippen molar-refractivity contribution in [1.29, 1.82) is 0 Å². The van der Waals surface area contributed by atoms with E-state index in [9.17, 15) is 31.1 Å². The van der Waals surface area contributed by atoms with E-state index in [0.29, 0.717) is 32.4 Å². The molecular weight excluding hydrogens is 432 g/mol. The topological polar surface area (TPSA) is 73.1 Å². The van der Waals surface area contributed by atoms with Gasteiger partial charge in [-0.2, -0.15) is 13.2 Å². The van der Waals surface area contributed by atoms with Gasteiger partial charge in [-0.1, -0.05) is 0 Å². The molecule has 1 aliphatic heterocycles. The third-order valence-corrected chi connectivity index (χ3v) is 4.73. The number of fused-ring (bicyclic) bond motifs is 1. The predicted octanol–water partition coefficient (Wildman–Crippen LogP) is 2.66. The molecule has 0 saturated carbocycles. The van der Waals surface area contributed by atoms with Crippen LogP contribution in [0, 0.1) is 17.5 Å². The molecular formula is C18H13F6N5O2. The summed E-state index contributed by atoms with van der Waals surface area (Å²) in [5, 5.41) is 0. The number of benzene rings is 1. The monoisotopic (exact) mass is 445 g/mol. The van der Waals surface area contributed by atoms with Crippen molar-refractivity contribution in [2.24, 2.45) is 7.05 Å². The molecule has 0 bridgehead atoms. The van der Waals surface area contributed by atoms with Gasteiger partial charge in [0.15, 0.2) is 17.2 Å². The maximum atomic E-state index is 14.5. The van der Waals surface area contributed by atoms with Crippen molar-refractivity contribution in [1.82, 2.24) is 19.5 Å². The minimum Gasteiger partial charge on any atom is -0.378 e. The highest BCUT2D eigenvalue weighted by molar-refractivity contribution is 5.89. The number of morpholine rings is 1. The minimum absolute atomic E-state index is 0.103. The van der Waals surface area contributed by atoms with Gasteiger partial charge in [-0.3, -0.25) is 9.36 Å². The highest BCUT2D eigenvalue weighted by Crippen LogP contribution is 2.32. The highest BCUT2D eigenvalue weighted by Gasteiger charge is 2.37. The van der Waals surface area contributed by atoms with Crippen LogP contribution in [0.1, 0.15) is 5.82 Å². The highest BCUT2D eigenvalue weighted by atomic mass is 19.4. The van der Waals surface area contributed by atoms with Gasteiger partial charge in [-0.25, -0.2) is 28.1 Å². The zero-order chi connectivity index (χ0) is 22.5. The average molecular weight is 445 g/mol. The summed E-state index contributed by atoms with van der Waals surface area (Å²) in [6, 6.07) is 0.681. The number of aromatic nitrogens is 4. The molecule has 2 aromatic heterocycles. The Labute approximate surface area is 169 Å². The standard InChI is InChI=1S/C18H13F6N5O2/c1-28-15(30)14-13(25-16(28)18(22,23)24)12(8-6-10(20)11(21)7-9(8)19)26-17(27-14)29-2-4-31-5-3-29/h6-7H,2-5H2,1H3. The number of rotatable bonds is 2. The SMILES string of the molecule is Cn1c(C(F)(F)F)nc2c(-c3cc(F)c(F)cc3F)nc(N3CCOCC3)nc2c1=O. The molecule has 0 amide bonds. The second kappa shape index (κ2) is 7.48. The third kappa shape index (κ3) is 3.69. The van der Waals surface area contributed by atoms with Crippen molar-refractivity contribution in [2.45, 2.75) is 6.18 Å². The first-order valence-electron chi connectivity index (χ1n) is 8.91. The van der Waals surface area contributed by atoms with Crippen LogP contribution in [-0.2, 0) is 18.0 Å². The van der Waals surface area contributed by atoms with E-state index in [0.717, 1.165) is 7.05 Å². The lowest BCUT2D eigenvalue weighted by Gasteiger charge is -2.27. The summed E-state index contributed by atoms with van der Waals surface area (Å²) in [4.78, 5) is 25.8. The van der Waals surface area contributed by atoms with Crippen molar-refractivity contribution < 1.29 is 31.1 Å². The summed E-state index contributed by atoms with van der Waals surface area (Å²) >= 11 is 0. The lowest BCUT2D eigenvalue weighted by Crippen LogP contribution is -2.38. The Morgan fingerprint density at radius 3 is 2.23 bits per heavy atom. The van der Waals surface area contributed by atoms with E-state index >= 15 is 0 Å². The van der Waals surface area contributed by atoms with Crippen molar-refractivity contribution in [3.63, 3.8) is 0 Å². The molecule has 3 heterocycles. The van der Waals surface area contributed by atoms with Gasteiger partial charge in [0.05, 0.1) is 13.2 Å². The van der Waals surface area contributed by atoms with E-state index in [1.807, 2.05) is 0 Å². The van der Waals surface area contributed by atoms with Crippen molar-refractivity contribution in [2.75, 3.05) is 31.2 Å². The van der Waals surface area contributed by atoms with Gasteiger partial charge in [0.25, 0.3) is 5.56 Å². The van der Waals surface area contributed by atoms with Crippen LogP contribution in [0.25, 0.3) is 22.3 Å². The summed E-state index contributed by atoms with van der Waals surface area (Å²) in [5.74, 6) is -5.91. The molecule has 1 aliphatic rings. The Morgan fingerprint density at radius 2 is 1.58 bits per heavy atom. The van der Waals surface area contributed by atoms with Gasteiger partial charge >= 0.3 is 6.18 Å². The number of hydrogen-bond acceptors (Lipinski definition) is 6. The molecule has 1 saturated heterocycles. The Kier molecular flexibility index (Phi) is 5.07. The summed E-state index contributed by atoms with van der Waals surface area (Å²) in [6.45, 7) is 1.16. The largest absolute Gasteiger partial charge is 0.449 e. The molecule has 164 valence electrons. The molecule has 4 rings (SSSR count). The predicted molar refractivity (Wildman–Crippen MR) is 95.9 cm³/mol. The smallest absolute Gasteiger partial charge is 0.378 e. The molecule has 0 spiro atoms. The molecule has 3 aromatic rings. The molecule has 0 N–H and O–H groups in total. The van der Waals surface area contributed by atoms with Crippen LogP contribution in [-0.4, -0.2) is 45.8 Å². The maximum absolute atomic E-state index is 14.5. The van der Waals surface area contributed by atoms with Crippen LogP contribution in [0.15, 0.2) is 16.9 Å². The molecule has 31 heavy (non-hydrogen) atoms. The van der Waals surface area contributed by atoms with Gasteiger partial charge in [-0.05, 0) is 6.07 Å². The van der Waals surface area contributed by atoms with Crippen LogP contribution in [0.4, 0.5) is 32.3 Å². The summed E-state index contributed by atoms with van der Waals surface area (Å²) < 4.78 is 87.4. The molecule has 13 heteroatoms. The first-order valence-corrected chi connectivity index (χ1v) is 8.91.